The maximum absolute atomic E-state index is 6.03. The van der Waals surface area contributed by atoms with Gasteiger partial charge in [0.2, 0.25) is 0 Å². The third kappa shape index (κ3) is 1.30. The number of hydrogen-bond acceptors (Lipinski definition) is 2. The molecular weight excluding hydrogens is 148 g/mol. The molecule has 2 rings (SSSR count). The van der Waals surface area contributed by atoms with Crippen molar-refractivity contribution in [3.8, 4) is 0 Å². The Morgan fingerprint density at radius 2 is 2.17 bits per heavy atom. The van der Waals surface area contributed by atoms with Crippen LogP contribution in [0.4, 0.5) is 5.69 Å². The summed E-state index contributed by atoms with van der Waals surface area (Å²) in [6.07, 6.45) is 0.968. The standard InChI is InChI=1S/C10H14N2/c1-10(11)6-8-4-2-3-5-9(8)12-7-10/h2-5,12H,6-7,11H2,1H3. The van der Waals surface area contributed by atoms with E-state index in [0.29, 0.717) is 0 Å². The molecule has 1 aliphatic heterocycles. The number of nitrogens with two attached hydrogens (primary N) is 1. The van der Waals surface area contributed by atoms with Gasteiger partial charge in [-0.15, -0.1) is 0 Å². The molecule has 0 saturated carbocycles. The maximum atomic E-state index is 6.03. The maximum Gasteiger partial charge on any atom is 0.0374 e. The first-order valence-corrected chi connectivity index (χ1v) is 4.28. The Morgan fingerprint density at radius 3 is 3.00 bits per heavy atom. The van der Waals surface area contributed by atoms with Crippen LogP contribution in [0.3, 0.4) is 0 Å². The van der Waals surface area contributed by atoms with E-state index < -0.39 is 0 Å². The highest BCUT2D eigenvalue weighted by Crippen LogP contribution is 2.24. The molecule has 0 radical (unpaired) electrons. The van der Waals surface area contributed by atoms with Crippen molar-refractivity contribution in [3.05, 3.63) is 29.8 Å². The van der Waals surface area contributed by atoms with Crippen molar-refractivity contribution >= 4 is 5.69 Å². The summed E-state index contributed by atoms with van der Waals surface area (Å²) in [5.74, 6) is 0. The Balaban J connectivity index is 2.35. The Labute approximate surface area is 72.8 Å². The van der Waals surface area contributed by atoms with Gasteiger partial charge in [-0.2, -0.15) is 0 Å². The minimum atomic E-state index is -0.0889. The molecule has 2 heteroatoms. The molecule has 1 heterocycles. The summed E-state index contributed by atoms with van der Waals surface area (Å²) < 4.78 is 0. The van der Waals surface area contributed by atoms with Crippen LogP contribution in [0.2, 0.25) is 0 Å². The number of hydrogen-bond donors (Lipinski definition) is 2. The van der Waals surface area contributed by atoms with Crippen molar-refractivity contribution in [2.75, 3.05) is 11.9 Å². The Morgan fingerprint density at radius 1 is 1.42 bits per heavy atom. The number of fused-ring (bicyclic) bond motifs is 1. The van der Waals surface area contributed by atoms with Crippen LogP contribution >= 0.6 is 0 Å². The van der Waals surface area contributed by atoms with Gasteiger partial charge in [0.15, 0.2) is 0 Å². The summed E-state index contributed by atoms with van der Waals surface area (Å²) in [5.41, 5.74) is 8.51. The molecule has 0 aliphatic carbocycles. The molecule has 3 N–H and O–H groups in total. The molecule has 0 bridgehead atoms. The van der Waals surface area contributed by atoms with Crippen molar-refractivity contribution in [3.63, 3.8) is 0 Å². The van der Waals surface area contributed by atoms with E-state index >= 15 is 0 Å². The molecule has 64 valence electrons. The molecule has 1 unspecified atom stereocenters. The molecule has 1 atom stereocenters. The highest BCUT2D eigenvalue weighted by Gasteiger charge is 2.24. The van der Waals surface area contributed by atoms with Gasteiger partial charge in [-0.05, 0) is 25.0 Å². The van der Waals surface area contributed by atoms with E-state index in [9.17, 15) is 0 Å². The number of benzene rings is 1. The normalized spacial score (nSPS) is 27.5. The van der Waals surface area contributed by atoms with Crippen LogP contribution in [0, 0.1) is 0 Å². The first-order chi connectivity index (χ1) is 5.67. The summed E-state index contributed by atoms with van der Waals surface area (Å²) in [4.78, 5) is 0. The lowest BCUT2D eigenvalue weighted by Gasteiger charge is -2.32. The van der Waals surface area contributed by atoms with Crippen LogP contribution in [-0.2, 0) is 6.42 Å². The first kappa shape index (κ1) is 7.62. The van der Waals surface area contributed by atoms with Gasteiger partial charge in [-0.25, -0.2) is 0 Å². The highest BCUT2D eigenvalue weighted by molar-refractivity contribution is 5.54. The van der Waals surface area contributed by atoms with Crippen LogP contribution in [0.5, 0.6) is 0 Å². The summed E-state index contributed by atoms with van der Waals surface area (Å²) in [5, 5.41) is 3.33. The molecule has 0 aromatic heterocycles. The van der Waals surface area contributed by atoms with Gasteiger partial charge in [-0.3, -0.25) is 0 Å². The third-order valence-electron chi connectivity index (χ3n) is 2.29. The van der Waals surface area contributed by atoms with Gasteiger partial charge in [0.05, 0.1) is 0 Å². The number of anilines is 1. The Bertz CT molecular complexity index is 292. The van der Waals surface area contributed by atoms with Crippen molar-refractivity contribution in [1.29, 1.82) is 0 Å². The van der Waals surface area contributed by atoms with Gasteiger partial charge >= 0.3 is 0 Å². The summed E-state index contributed by atoms with van der Waals surface area (Å²) in [6.45, 7) is 2.94. The molecule has 0 spiro atoms. The molecule has 1 aliphatic rings. The van der Waals surface area contributed by atoms with E-state index in [2.05, 4.69) is 30.4 Å². The van der Waals surface area contributed by atoms with Crippen LogP contribution < -0.4 is 11.1 Å². The van der Waals surface area contributed by atoms with Crippen molar-refractivity contribution < 1.29 is 0 Å². The topological polar surface area (TPSA) is 38.0 Å². The SMILES string of the molecule is CC1(N)CNc2ccccc2C1. The third-order valence-corrected chi connectivity index (χ3v) is 2.29. The van der Waals surface area contributed by atoms with Gasteiger partial charge in [-0.1, -0.05) is 18.2 Å². The number of para-hydroxylation sites is 1. The second kappa shape index (κ2) is 2.49. The van der Waals surface area contributed by atoms with Crippen LogP contribution in [0.15, 0.2) is 24.3 Å². The largest absolute Gasteiger partial charge is 0.383 e. The predicted molar refractivity (Wildman–Crippen MR) is 51.2 cm³/mol. The van der Waals surface area contributed by atoms with E-state index in [1.807, 2.05) is 6.07 Å². The average molecular weight is 162 g/mol. The van der Waals surface area contributed by atoms with E-state index in [4.69, 9.17) is 5.73 Å². The zero-order chi connectivity index (χ0) is 8.60. The second-order valence-corrected chi connectivity index (χ2v) is 3.84. The molecular formula is C10H14N2. The zero-order valence-electron chi connectivity index (χ0n) is 7.30. The average Bonchev–Trinajstić information content (AvgIpc) is 2.02. The number of nitrogens with one attached hydrogen (secondary N) is 1. The molecule has 1 aromatic carbocycles. The summed E-state index contributed by atoms with van der Waals surface area (Å²) in [6, 6.07) is 8.34. The second-order valence-electron chi connectivity index (χ2n) is 3.84. The van der Waals surface area contributed by atoms with Gasteiger partial charge in [0, 0.05) is 17.8 Å². The van der Waals surface area contributed by atoms with Crippen molar-refractivity contribution in [2.45, 2.75) is 18.9 Å². The molecule has 12 heavy (non-hydrogen) atoms. The Kier molecular flexibility index (Phi) is 1.58. The monoisotopic (exact) mass is 162 g/mol. The zero-order valence-corrected chi connectivity index (χ0v) is 7.30. The molecule has 0 fully saturated rings. The molecule has 0 amide bonds. The molecule has 0 saturated heterocycles. The summed E-state index contributed by atoms with van der Waals surface area (Å²) in [7, 11) is 0. The van der Waals surface area contributed by atoms with Crippen LogP contribution in [-0.4, -0.2) is 12.1 Å². The van der Waals surface area contributed by atoms with Crippen molar-refractivity contribution in [2.24, 2.45) is 5.73 Å². The van der Waals surface area contributed by atoms with E-state index in [0.717, 1.165) is 13.0 Å². The molecule has 1 aromatic rings. The number of rotatable bonds is 0. The first-order valence-electron chi connectivity index (χ1n) is 4.28. The van der Waals surface area contributed by atoms with Crippen LogP contribution in [0.25, 0.3) is 0 Å². The smallest absolute Gasteiger partial charge is 0.0374 e. The summed E-state index contributed by atoms with van der Waals surface area (Å²) >= 11 is 0. The Hall–Kier alpha value is -1.02. The lowest BCUT2D eigenvalue weighted by Crippen LogP contribution is -2.47. The lowest BCUT2D eigenvalue weighted by molar-refractivity contribution is 0.480. The minimum Gasteiger partial charge on any atom is -0.383 e. The fourth-order valence-electron chi connectivity index (χ4n) is 1.64. The predicted octanol–water partition coefficient (Wildman–Crippen LogP) is 1.37. The van der Waals surface area contributed by atoms with Gasteiger partial charge in [0.25, 0.3) is 0 Å². The fraction of sp³-hybridized carbons (Fsp3) is 0.400. The van der Waals surface area contributed by atoms with Crippen LogP contribution in [0.1, 0.15) is 12.5 Å². The van der Waals surface area contributed by atoms with E-state index in [1.165, 1.54) is 11.3 Å². The minimum absolute atomic E-state index is 0.0889. The fourth-order valence-corrected chi connectivity index (χ4v) is 1.64. The highest BCUT2D eigenvalue weighted by atomic mass is 15.0. The van der Waals surface area contributed by atoms with E-state index in [1.54, 1.807) is 0 Å². The quantitative estimate of drug-likeness (QED) is 0.604. The van der Waals surface area contributed by atoms with Crippen molar-refractivity contribution in [1.82, 2.24) is 0 Å². The van der Waals surface area contributed by atoms with Gasteiger partial charge < -0.3 is 11.1 Å². The van der Waals surface area contributed by atoms with E-state index in [-0.39, 0.29) is 5.54 Å². The molecule has 2 nitrogen and oxygen atoms in total. The lowest BCUT2D eigenvalue weighted by atomic mass is 9.89. The van der Waals surface area contributed by atoms with Gasteiger partial charge in [0.1, 0.15) is 0 Å².